The van der Waals surface area contributed by atoms with Crippen molar-refractivity contribution in [2.75, 3.05) is 33.8 Å². The zero-order chi connectivity index (χ0) is 11.7. The highest BCUT2D eigenvalue weighted by molar-refractivity contribution is 5.75. The molecule has 1 atom stereocenters. The summed E-state index contributed by atoms with van der Waals surface area (Å²) in [4.78, 5) is 13.5. The van der Waals surface area contributed by atoms with E-state index in [2.05, 4.69) is 10.2 Å². The fourth-order valence-electron chi connectivity index (χ4n) is 1.31. The van der Waals surface area contributed by atoms with Crippen LogP contribution in [0.25, 0.3) is 0 Å². The molecule has 0 rings (SSSR count). The van der Waals surface area contributed by atoms with Gasteiger partial charge in [0.25, 0.3) is 0 Å². The normalized spacial score (nSPS) is 12.9. The number of hydrogen-bond acceptors (Lipinski definition) is 4. The van der Waals surface area contributed by atoms with Crippen molar-refractivity contribution < 1.29 is 9.53 Å². The quantitative estimate of drug-likeness (QED) is 0.483. The summed E-state index contributed by atoms with van der Waals surface area (Å²) in [6.07, 6.45) is 1.82. The van der Waals surface area contributed by atoms with Gasteiger partial charge < -0.3 is 15.0 Å². The third kappa shape index (κ3) is 7.33. The standard InChI is InChI=1S/C11H24N2O2/c1-5-10(11(14)15-6-2)12-8-7-9-13(3)4/h10,12H,5-9H2,1-4H3. The lowest BCUT2D eigenvalue weighted by atomic mass is 10.2. The zero-order valence-electron chi connectivity index (χ0n) is 10.4. The number of carbonyl (C=O) groups is 1. The Morgan fingerprint density at radius 3 is 2.53 bits per heavy atom. The van der Waals surface area contributed by atoms with Crippen LogP contribution in [0.4, 0.5) is 0 Å². The maximum atomic E-state index is 11.4. The van der Waals surface area contributed by atoms with Crippen LogP contribution in [-0.2, 0) is 9.53 Å². The van der Waals surface area contributed by atoms with E-state index < -0.39 is 0 Å². The van der Waals surface area contributed by atoms with Gasteiger partial charge in [-0.1, -0.05) is 6.92 Å². The molecular formula is C11H24N2O2. The van der Waals surface area contributed by atoms with Gasteiger partial charge >= 0.3 is 5.97 Å². The van der Waals surface area contributed by atoms with E-state index in [4.69, 9.17) is 4.74 Å². The molecule has 4 heteroatoms. The summed E-state index contributed by atoms with van der Waals surface area (Å²) >= 11 is 0. The Hall–Kier alpha value is -0.610. The Labute approximate surface area is 93.0 Å². The van der Waals surface area contributed by atoms with Crippen LogP contribution in [-0.4, -0.2) is 50.7 Å². The molecule has 4 nitrogen and oxygen atoms in total. The van der Waals surface area contributed by atoms with Crippen molar-refractivity contribution in [2.24, 2.45) is 0 Å². The van der Waals surface area contributed by atoms with Gasteiger partial charge in [0.2, 0.25) is 0 Å². The van der Waals surface area contributed by atoms with Gasteiger partial charge in [-0.15, -0.1) is 0 Å². The summed E-state index contributed by atoms with van der Waals surface area (Å²) in [5, 5.41) is 3.21. The maximum Gasteiger partial charge on any atom is 0.323 e. The van der Waals surface area contributed by atoms with E-state index in [-0.39, 0.29) is 12.0 Å². The summed E-state index contributed by atoms with van der Waals surface area (Å²) in [5.74, 6) is -0.134. The number of carbonyl (C=O) groups excluding carboxylic acids is 1. The van der Waals surface area contributed by atoms with E-state index in [0.717, 1.165) is 25.9 Å². The fourth-order valence-corrected chi connectivity index (χ4v) is 1.31. The Bertz CT molecular complexity index is 172. The Kier molecular flexibility index (Phi) is 8.33. The predicted molar refractivity (Wildman–Crippen MR) is 61.9 cm³/mol. The molecule has 15 heavy (non-hydrogen) atoms. The largest absolute Gasteiger partial charge is 0.465 e. The van der Waals surface area contributed by atoms with Crippen molar-refractivity contribution in [3.05, 3.63) is 0 Å². The molecule has 1 unspecified atom stereocenters. The number of nitrogens with one attached hydrogen (secondary N) is 1. The molecule has 0 amide bonds. The highest BCUT2D eigenvalue weighted by atomic mass is 16.5. The first kappa shape index (κ1) is 14.4. The highest BCUT2D eigenvalue weighted by Gasteiger charge is 2.15. The molecule has 0 aromatic carbocycles. The molecule has 0 heterocycles. The van der Waals surface area contributed by atoms with Crippen molar-refractivity contribution in [1.82, 2.24) is 10.2 Å². The predicted octanol–water partition coefficient (Wildman–Crippen LogP) is 0.869. The number of hydrogen-bond donors (Lipinski definition) is 1. The molecular weight excluding hydrogens is 192 g/mol. The molecule has 0 saturated heterocycles. The SMILES string of the molecule is CCOC(=O)C(CC)NCCCN(C)C. The second kappa shape index (κ2) is 8.68. The van der Waals surface area contributed by atoms with Gasteiger partial charge in [0.15, 0.2) is 0 Å². The summed E-state index contributed by atoms with van der Waals surface area (Å²) in [7, 11) is 4.09. The van der Waals surface area contributed by atoms with Crippen LogP contribution in [0.3, 0.4) is 0 Å². The molecule has 0 aliphatic heterocycles. The van der Waals surface area contributed by atoms with Gasteiger partial charge in [0, 0.05) is 0 Å². The minimum Gasteiger partial charge on any atom is -0.465 e. The highest BCUT2D eigenvalue weighted by Crippen LogP contribution is 1.95. The summed E-state index contributed by atoms with van der Waals surface area (Å²) in [5.41, 5.74) is 0. The van der Waals surface area contributed by atoms with Crippen LogP contribution in [0, 0.1) is 0 Å². The van der Waals surface area contributed by atoms with Crippen LogP contribution >= 0.6 is 0 Å². The third-order valence-electron chi connectivity index (χ3n) is 2.15. The molecule has 0 aliphatic rings. The molecule has 0 aromatic heterocycles. The monoisotopic (exact) mass is 216 g/mol. The number of esters is 1. The second-order valence-electron chi connectivity index (χ2n) is 3.82. The zero-order valence-corrected chi connectivity index (χ0v) is 10.4. The van der Waals surface area contributed by atoms with E-state index >= 15 is 0 Å². The Morgan fingerprint density at radius 1 is 1.40 bits per heavy atom. The number of rotatable bonds is 8. The molecule has 90 valence electrons. The third-order valence-corrected chi connectivity index (χ3v) is 2.15. The first-order valence-electron chi connectivity index (χ1n) is 5.66. The van der Waals surface area contributed by atoms with Crippen LogP contribution in [0.15, 0.2) is 0 Å². The van der Waals surface area contributed by atoms with Crippen LogP contribution in [0.5, 0.6) is 0 Å². The van der Waals surface area contributed by atoms with Crippen LogP contribution < -0.4 is 5.32 Å². The molecule has 0 aliphatic carbocycles. The molecule has 0 fully saturated rings. The molecule has 0 spiro atoms. The average Bonchev–Trinajstić information content (AvgIpc) is 2.17. The van der Waals surface area contributed by atoms with E-state index in [1.54, 1.807) is 0 Å². The lowest BCUT2D eigenvalue weighted by molar-refractivity contribution is -0.145. The average molecular weight is 216 g/mol. The summed E-state index contributed by atoms with van der Waals surface area (Å²) in [6.45, 7) is 6.16. The number of nitrogens with zero attached hydrogens (tertiary/aromatic N) is 1. The second-order valence-corrected chi connectivity index (χ2v) is 3.82. The van der Waals surface area contributed by atoms with Crippen molar-refractivity contribution in [3.8, 4) is 0 Å². The van der Waals surface area contributed by atoms with Crippen molar-refractivity contribution in [3.63, 3.8) is 0 Å². The number of ether oxygens (including phenoxy) is 1. The van der Waals surface area contributed by atoms with E-state index in [0.29, 0.717) is 6.61 Å². The minimum absolute atomic E-state index is 0.134. The summed E-state index contributed by atoms with van der Waals surface area (Å²) in [6, 6.07) is -0.146. The fraction of sp³-hybridized carbons (Fsp3) is 0.909. The van der Waals surface area contributed by atoms with Gasteiger partial charge in [-0.05, 0) is 47.0 Å². The van der Waals surface area contributed by atoms with Gasteiger partial charge in [-0.3, -0.25) is 4.79 Å². The molecule has 0 bridgehead atoms. The Morgan fingerprint density at radius 2 is 2.07 bits per heavy atom. The first-order chi connectivity index (χ1) is 7.11. The smallest absolute Gasteiger partial charge is 0.323 e. The lowest BCUT2D eigenvalue weighted by Gasteiger charge is -2.16. The van der Waals surface area contributed by atoms with E-state index in [9.17, 15) is 4.79 Å². The molecule has 0 saturated carbocycles. The minimum atomic E-state index is -0.146. The Balaban J connectivity index is 3.65. The topological polar surface area (TPSA) is 41.6 Å². The van der Waals surface area contributed by atoms with Crippen molar-refractivity contribution in [2.45, 2.75) is 32.7 Å². The maximum absolute atomic E-state index is 11.4. The van der Waals surface area contributed by atoms with E-state index in [1.165, 1.54) is 0 Å². The van der Waals surface area contributed by atoms with Crippen molar-refractivity contribution in [1.29, 1.82) is 0 Å². The lowest BCUT2D eigenvalue weighted by Crippen LogP contribution is -2.38. The van der Waals surface area contributed by atoms with Gasteiger partial charge in [0.05, 0.1) is 6.61 Å². The molecule has 0 radical (unpaired) electrons. The van der Waals surface area contributed by atoms with E-state index in [1.807, 2.05) is 27.9 Å². The summed E-state index contributed by atoms with van der Waals surface area (Å²) < 4.78 is 4.96. The molecule has 0 aromatic rings. The first-order valence-corrected chi connectivity index (χ1v) is 5.66. The molecule has 1 N–H and O–H groups in total. The van der Waals surface area contributed by atoms with Crippen molar-refractivity contribution >= 4 is 5.97 Å². The van der Waals surface area contributed by atoms with Gasteiger partial charge in [0.1, 0.15) is 6.04 Å². The van der Waals surface area contributed by atoms with Gasteiger partial charge in [-0.2, -0.15) is 0 Å². The van der Waals surface area contributed by atoms with Crippen LogP contribution in [0.2, 0.25) is 0 Å². The van der Waals surface area contributed by atoms with Gasteiger partial charge in [-0.25, -0.2) is 0 Å². The van der Waals surface area contributed by atoms with Crippen LogP contribution in [0.1, 0.15) is 26.7 Å².